The van der Waals surface area contributed by atoms with Crippen molar-refractivity contribution in [3.05, 3.63) is 52.0 Å². The fraction of sp³-hybridized carbons (Fsp3) is 0.652. The Balaban J connectivity index is 1.76. The van der Waals surface area contributed by atoms with Gasteiger partial charge in [-0.25, -0.2) is 4.98 Å². The zero-order valence-electron chi connectivity index (χ0n) is 38.1. The van der Waals surface area contributed by atoms with Gasteiger partial charge in [0.2, 0.25) is 23.6 Å². The number of imide groups is 1. The van der Waals surface area contributed by atoms with Crippen LogP contribution in [0.3, 0.4) is 0 Å². The van der Waals surface area contributed by atoms with Gasteiger partial charge in [0, 0.05) is 76.6 Å². The number of Topliss-reactive ketones (excluding diaryl/α,β-unsaturated/α-hetero) is 1. The topological polar surface area (TPSA) is 163 Å². The molecule has 13 nitrogen and oxygen atoms in total. The van der Waals surface area contributed by atoms with Crippen molar-refractivity contribution in [1.82, 2.24) is 25.0 Å². The van der Waals surface area contributed by atoms with Crippen LogP contribution in [0.25, 0.3) is 0 Å². The van der Waals surface area contributed by atoms with Crippen LogP contribution in [0.4, 0.5) is 0 Å². The van der Waals surface area contributed by atoms with Crippen molar-refractivity contribution in [2.45, 2.75) is 143 Å². The van der Waals surface area contributed by atoms with Gasteiger partial charge in [0.15, 0.2) is 11.9 Å². The lowest BCUT2D eigenvalue weighted by atomic mass is 9.82. The third-order valence-corrected chi connectivity index (χ3v) is 13.7. The lowest BCUT2D eigenvalue weighted by Crippen LogP contribution is -2.49. The number of esters is 1. The number of likely N-dealkylation sites (N-methyl/N-ethyl adjacent to an activating group) is 1. The van der Waals surface area contributed by atoms with Crippen LogP contribution in [0, 0.1) is 23.7 Å². The number of thioether (sulfide) groups is 1. The van der Waals surface area contributed by atoms with Gasteiger partial charge in [-0.05, 0) is 48.8 Å². The van der Waals surface area contributed by atoms with Gasteiger partial charge in [0.25, 0.3) is 5.91 Å². The van der Waals surface area contributed by atoms with Gasteiger partial charge in [-0.3, -0.25) is 38.5 Å². The molecule has 15 heteroatoms. The monoisotopic (exact) mass is 883 g/mol. The summed E-state index contributed by atoms with van der Waals surface area (Å²) in [6.45, 7) is 15.2. The summed E-state index contributed by atoms with van der Waals surface area (Å²) in [5.41, 5.74) is 1.36. The van der Waals surface area contributed by atoms with Crippen molar-refractivity contribution in [3.8, 4) is 0 Å². The molecular formula is C46H69N5O8S2. The molecule has 0 bridgehead atoms. The summed E-state index contributed by atoms with van der Waals surface area (Å²) >= 11 is 2.57. The maximum Gasteiger partial charge on any atom is 0.303 e. The summed E-state index contributed by atoms with van der Waals surface area (Å²) in [6.07, 6.45) is 4.64. The van der Waals surface area contributed by atoms with Crippen LogP contribution in [-0.4, -0.2) is 111 Å². The molecule has 2 unspecified atom stereocenters. The summed E-state index contributed by atoms with van der Waals surface area (Å²) in [5, 5.41) is 4.86. The van der Waals surface area contributed by atoms with Crippen molar-refractivity contribution in [2.24, 2.45) is 23.7 Å². The molecule has 1 fully saturated rings. The highest BCUT2D eigenvalue weighted by molar-refractivity contribution is 8.00. The zero-order chi connectivity index (χ0) is 45.6. The molecule has 2 aromatic rings. The van der Waals surface area contributed by atoms with Crippen LogP contribution < -0.4 is 5.32 Å². The summed E-state index contributed by atoms with van der Waals surface area (Å²) in [4.78, 5) is 102. The highest BCUT2D eigenvalue weighted by atomic mass is 32.2. The van der Waals surface area contributed by atoms with Gasteiger partial charge in [-0.2, -0.15) is 11.8 Å². The number of likely N-dealkylation sites (tertiary alicyclic amines) is 1. The zero-order valence-corrected chi connectivity index (χ0v) is 39.7. The minimum Gasteiger partial charge on any atom is -0.455 e. The number of ketones is 1. The fourth-order valence-electron chi connectivity index (χ4n) is 8.17. The Morgan fingerprint density at radius 2 is 1.67 bits per heavy atom. The molecule has 0 saturated carbocycles. The predicted molar refractivity (Wildman–Crippen MR) is 241 cm³/mol. The molecule has 1 aliphatic rings. The van der Waals surface area contributed by atoms with Crippen LogP contribution >= 0.6 is 23.1 Å². The second-order valence-electron chi connectivity index (χ2n) is 17.1. The van der Waals surface area contributed by atoms with E-state index in [4.69, 9.17) is 4.74 Å². The van der Waals surface area contributed by atoms with Crippen molar-refractivity contribution < 1.29 is 38.3 Å². The number of hydrogen-bond donors (Lipinski definition) is 1. The number of carbonyl (C=O) groups excluding carboxylic acids is 7. The van der Waals surface area contributed by atoms with Crippen LogP contribution in [0.15, 0.2) is 35.7 Å². The Kier molecular flexibility index (Phi) is 20.6. The van der Waals surface area contributed by atoms with E-state index in [9.17, 15) is 33.6 Å². The summed E-state index contributed by atoms with van der Waals surface area (Å²) in [5.74, 6) is -3.17. The molecular weight excluding hydrogens is 815 g/mol. The molecule has 338 valence electrons. The van der Waals surface area contributed by atoms with Gasteiger partial charge in [-0.15, -0.1) is 11.3 Å². The lowest BCUT2D eigenvalue weighted by Gasteiger charge is -2.37. The first-order valence-corrected chi connectivity index (χ1v) is 23.9. The molecule has 1 saturated heterocycles. The van der Waals surface area contributed by atoms with Gasteiger partial charge in [0.1, 0.15) is 10.7 Å². The number of thiazole rings is 1. The third-order valence-electron chi connectivity index (χ3n) is 11.8. The minimum atomic E-state index is -0.829. The smallest absolute Gasteiger partial charge is 0.303 e. The Morgan fingerprint density at radius 1 is 1.00 bits per heavy atom. The van der Waals surface area contributed by atoms with Gasteiger partial charge < -0.3 is 19.9 Å². The average molecular weight is 884 g/mol. The van der Waals surface area contributed by atoms with E-state index in [1.54, 1.807) is 30.6 Å². The van der Waals surface area contributed by atoms with E-state index in [0.29, 0.717) is 17.8 Å². The fourth-order valence-corrected chi connectivity index (χ4v) is 9.65. The van der Waals surface area contributed by atoms with E-state index in [2.05, 4.69) is 17.2 Å². The number of hydrogen-bond acceptors (Lipinski definition) is 11. The summed E-state index contributed by atoms with van der Waals surface area (Å²) in [7, 11) is 3.31. The van der Waals surface area contributed by atoms with E-state index in [-0.39, 0.29) is 109 Å². The van der Waals surface area contributed by atoms with Crippen molar-refractivity contribution in [3.63, 3.8) is 0 Å². The quantitative estimate of drug-likeness (QED) is 0.0802. The van der Waals surface area contributed by atoms with Crippen LogP contribution in [-0.2, 0) is 39.9 Å². The minimum absolute atomic E-state index is 0.0585. The van der Waals surface area contributed by atoms with E-state index >= 15 is 0 Å². The van der Waals surface area contributed by atoms with E-state index in [0.717, 1.165) is 18.4 Å². The van der Waals surface area contributed by atoms with Crippen LogP contribution in [0.1, 0.15) is 134 Å². The Labute approximate surface area is 371 Å². The summed E-state index contributed by atoms with van der Waals surface area (Å²) in [6, 6.07) is 8.70. The first-order chi connectivity index (χ1) is 28.8. The highest BCUT2D eigenvalue weighted by Gasteiger charge is 2.40. The van der Waals surface area contributed by atoms with E-state index < -0.39 is 30.1 Å². The average Bonchev–Trinajstić information content (AvgIpc) is 3.81. The lowest BCUT2D eigenvalue weighted by molar-refractivity contribution is -0.150. The maximum absolute atomic E-state index is 14.6. The van der Waals surface area contributed by atoms with Crippen molar-refractivity contribution >= 4 is 64.4 Å². The molecule has 3 rings (SSSR count). The molecule has 2 heterocycles. The number of carbonyl (C=O) groups is 7. The normalized spacial score (nSPS) is 17.1. The first kappa shape index (κ1) is 51.2. The standard InChI is InChI=1S/C46H69N5O8S2/c1-12-18-33(23-32-19-15-14-16-20-32)47-43(56)35-27-61-44(48-35)38(59-31(8)52)25-36(28(3)4)49(9)45(57)34(30(7)13-2)24-37(53)42(29(5)6)50(10)40(54)21-17-22-51-41(55)26-39(60-11)46(51)58/h14-16,19-20,27-30,33-34,36,38-39,42H,12-13,17-18,21-26H2,1-11H3,(H,47,56)/t30-,33?,34-,36+,38+,39?,42-/m0/s1. The molecule has 7 atom stereocenters. The first-order valence-electron chi connectivity index (χ1n) is 21.7. The van der Waals surface area contributed by atoms with Crippen molar-refractivity contribution in [2.75, 3.05) is 26.9 Å². The summed E-state index contributed by atoms with van der Waals surface area (Å²) < 4.78 is 5.83. The Bertz CT molecular complexity index is 1800. The van der Waals surface area contributed by atoms with E-state index in [1.165, 1.54) is 39.8 Å². The number of amides is 5. The molecule has 0 radical (unpaired) electrons. The van der Waals surface area contributed by atoms with E-state index in [1.807, 2.05) is 71.9 Å². The predicted octanol–water partition coefficient (Wildman–Crippen LogP) is 7.14. The Hall–Kier alpha value is -4.11. The maximum atomic E-state index is 14.6. The number of nitrogens with one attached hydrogen (secondary N) is 1. The van der Waals surface area contributed by atoms with Crippen LogP contribution in [0.5, 0.6) is 0 Å². The number of nitrogens with zero attached hydrogens (tertiary/aromatic N) is 4. The number of ether oxygens (including phenoxy) is 1. The molecule has 1 aromatic heterocycles. The number of aromatic nitrogens is 1. The molecule has 5 amide bonds. The molecule has 1 aliphatic heterocycles. The molecule has 0 spiro atoms. The molecule has 1 aromatic carbocycles. The molecule has 0 aliphatic carbocycles. The molecule has 61 heavy (non-hydrogen) atoms. The SMILES string of the molecule is CCCC(Cc1ccccc1)NC(=O)c1csc([C@@H](C[C@H](C(C)C)N(C)C(=O)[C@@H](CC(=O)[C@H](C(C)C)N(C)C(=O)CCCN2C(=O)CC(SC)C2=O)[C@@H](C)CC)OC(C)=O)n1. The highest BCUT2D eigenvalue weighted by Crippen LogP contribution is 2.33. The largest absolute Gasteiger partial charge is 0.455 e. The van der Waals surface area contributed by atoms with Crippen molar-refractivity contribution in [1.29, 1.82) is 0 Å². The second-order valence-corrected chi connectivity index (χ2v) is 19.0. The molecule has 1 N–H and O–H groups in total. The van der Waals surface area contributed by atoms with Crippen LogP contribution in [0.2, 0.25) is 0 Å². The van der Waals surface area contributed by atoms with Gasteiger partial charge in [-0.1, -0.05) is 91.6 Å². The number of benzene rings is 1. The second kappa shape index (κ2) is 24.5. The number of rotatable bonds is 25. The van der Waals surface area contributed by atoms with Gasteiger partial charge in [0.05, 0.1) is 11.3 Å². The van der Waals surface area contributed by atoms with Gasteiger partial charge >= 0.3 is 5.97 Å². The Morgan fingerprint density at radius 3 is 2.23 bits per heavy atom. The third kappa shape index (κ3) is 14.5.